The molecule has 10 heteroatoms. The molecular weight excluding hydrogens is 668 g/mol. The summed E-state index contributed by atoms with van der Waals surface area (Å²) in [6.07, 6.45) is 4.51. The highest BCUT2D eigenvalue weighted by atomic mass is 16.6. The molecule has 10 nitrogen and oxygen atoms in total. The van der Waals surface area contributed by atoms with Crippen LogP contribution in [0.25, 0.3) is 6.08 Å². The van der Waals surface area contributed by atoms with E-state index in [0.717, 1.165) is 32.7 Å². The summed E-state index contributed by atoms with van der Waals surface area (Å²) in [5, 5.41) is 14.4. The van der Waals surface area contributed by atoms with Crippen molar-refractivity contribution in [2.75, 3.05) is 46.9 Å². The average Bonchev–Trinajstić information content (AvgIpc) is 3.19. The number of para-hydroxylation sites is 1. The van der Waals surface area contributed by atoms with Crippen LogP contribution >= 0.6 is 0 Å². The Bertz CT molecular complexity index is 1870. The van der Waals surface area contributed by atoms with Gasteiger partial charge in [0.1, 0.15) is 0 Å². The maximum Gasteiger partial charge on any atom is 0.336 e. The highest BCUT2D eigenvalue weighted by molar-refractivity contribution is 6.00. The molecular formula is C43H46N4O6. The zero-order chi connectivity index (χ0) is 37.7. The van der Waals surface area contributed by atoms with Crippen LogP contribution in [0.4, 0.5) is 5.69 Å². The maximum absolute atomic E-state index is 12.3. The van der Waals surface area contributed by atoms with Crippen molar-refractivity contribution in [3.63, 3.8) is 0 Å². The lowest BCUT2D eigenvalue weighted by Crippen LogP contribution is -2.47. The second-order valence-electron chi connectivity index (χ2n) is 12.8. The second kappa shape index (κ2) is 18.6. The summed E-state index contributed by atoms with van der Waals surface area (Å²) in [7, 11) is 2.42. The minimum Gasteiger partial charge on any atom is -0.466 e. The standard InChI is InChI=1S/C26H28N2.C17H18N2O6/c1-4-11-23(12-5-1)13-10-18-27-19-21-28(22-20-27)26(24-14-6-2-7-15-24)25-16-8-3-9-17-25;1-9-13(16(20)24-3)15(14(10(2)18-9)17(21)25-4)11-7-5-6-8-12(11)19(22)23/h1-17,26H,18-22H2;5-8,15,18H,1-4H3/b13-10+;. The number of nitrogens with one attached hydrogen (secondary N) is 1. The Hall–Kier alpha value is -5.84. The largest absolute Gasteiger partial charge is 0.466 e. The lowest BCUT2D eigenvalue weighted by molar-refractivity contribution is -0.385. The molecule has 2 aliphatic heterocycles. The Balaban J connectivity index is 0.000000206. The number of piperazine rings is 1. The number of carbonyl (C=O) groups is 2. The highest BCUT2D eigenvalue weighted by Crippen LogP contribution is 2.42. The molecule has 6 rings (SSSR count). The van der Waals surface area contributed by atoms with E-state index in [-0.39, 0.29) is 22.4 Å². The summed E-state index contributed by atoms with van der Waals surface area (Å²) < 4.78 is 9.66. The molecule has 1 saturated heterocycles. The first-order valence-corrected chi connectivity index (χ1v) is 17.6. The van der Waals surface area contributed by atoms with Gasteiger partial charge in [-0.2, -0.15) is 0 Å². The number of methoxy groups -OCH3 is 2. The number of hydrogen-bond acceptors (Lipinski definition) is 9. The third-order valence-electron chi connectivity index (χ3n) is 9.49. The number of rotatable bonds is 10. The van der Waals surface area contributed by atoms with Crippen molar-refractivity contribution in [2.24, 2.45) is 0 Å². The van der Waals surface area contributed by atoms with Gasteiger partial charge >= 0.3 is 11.9 Å². The smallest absolute Gasteiger partial charge is 0.336 e. The Morgan fingerprint density at radius 3 is 1.72 bits per heavy atom. The molecule has 0 unspecified atom stereocenters. The fourth-order valence-corrected chi connectivity index (χ4v) is 6.95. The molecule has 4 aromatic rings. The predicted octanol–water partition coefficient (Wildman–Crippen LogP) is 7.28. The van der Waals surface area contributed by atoms with Gasteiger partial charge in [-0.05, 0) is 30.5 Å². The van der Waals surface area contributed by atoms with Crippen LogP contribution in [-0.4, -0.2) is 73.6 Å². The number of carbonyl (C=O) groups excluding carboxylic acids is 2. The zero-order valence-corrected chi connectivity index (χ0v) is 30.6. The van der Waals surface area contributed by atoms with Crippen LogP contribution in [0.2, 0.25) is 0 Å². The van der Waals surface area contributed by atoms with E-state index in [1.165, 1.54) is 49.1 Å². The SMILES string of the molecule is C(=C\c1ccccc1)/CN1CCN(C(c2ccccc2)c2ccccc2)CC1.COC(=O)C1=C(C)NC(C)=C(C(=O)OC)C1c1ccccc1[N+](=O)[O-]. The van der Waals surface area contributed by atoms with E-state index in [9.17, 15) is 19.7 Å². The van der Waals surface area contributed by atoms with Crippen molar-refractivity contribution in [3.05, 3.63) is 176 Å². The number of allylic oxidation sites excluding steroid dienone is 2. The summed E-state index contributed by atoms with van der Waals surface area (Å²) in [5.74, 6) is -2.33. The van der Waals surface area contributed by atoms with E-state index in [0.29, 0.717) is 17.4 Å². The Kier molecular flexibility index (Phi) is 13.5. The van der Waals surface area contributed by atoms with Crippen LogP contribution in [0, 0.1) is 10.1 Å². The van der Waals surface area contributed by atoms with Crippen molar-refractivity contribution in [2.45, 2.75) is 25.8 Å². The minimum absolute atomic E-state index is 0.128. The fourth-order valence-electron chi connectivity index (χ4n) is 6.95. The number of dihydropyridines is 1. The summed E-state index contributed by atoms with van der Waals surface area (Å²) in [4.78, 5) is 40.7. The predicted molar refractivity (Wildman–Crippen MR) is 207 cm³/mol. The number of nitro benzene ring substituents is 1. The van der Waals surface area contributed by atoms with Crippen molar-refractivity contribution < 1.29 is 24.0 Å². The molecule has 1 N–H and O–H groups in total. The van der Waals surface area contributed by atoms with Gasteiger partial charge in [0.25, 0.3) is 5.69 Å². The number of hydrogen-bond donors (Lipinski definition) is 1. The van der Waals surface area contributed by atoms with Gasteiger partial charge in [-0.15, -0.1) is 0 Å². The number of ether oxygens (including phenoxy) is 2. The lowest BCUT2D eigenvalue weighted by Gasteiger charge is -2.39. The summed E-state index contributed by atoms with van der Waals surface area (Å²) >= 11 is 0. The van der Waals surface area contributed by atoms with Crippen LogP contribution in [0.3, 0.4) is 0 Å². The molecule has 53 heavy (non-hydrogen) atoms. The molecule has 4 aromatic carbocycles. The lowest BCUT2D eigenvalue weighted by atomic mass is 9.79. The number of nitro groups is 1. The third kappa shape index (κ3) is 9.54. The normalized spacial score (nSPS) is 15.5. The first-order chi connectivity index (χ1) is 25.7. The molecule has 0 amide bonds. The van der Waals surface area contributed by atoms with Gasteiger partial charge in [0.2, 0.25) is 0 Å². The van der Waals surface area contributed by atoms with Crippen molar-refractivity contribution >= 4 is 23.7 Å². The first kappa shape index (κ1) is 38.4. The molecule has 1 fully saturated rings. The van der Waals surface area contributed by atoms with Crippen LogP contribution in [-0.2, 0) is 19.1 Å². The van der Waals surface area contributed by atoms with Gasteiger partial charge in [0.15, 0.2) is 0 Å². The zero-order valence-electron chi connectivity index (χ0n) is 30.6. The van der Waals surface area contributed by atoms with E-state index in [1.807, 2.05) is 0 Å². The number of esters is 2. The second-order valence-corrected chi connectivity index (χ2v) is 12.8. The monoisotopic (exact) mass is 714 g/mol. The van der Waals surface area contributed by atoms with Gasteiger partial charge in [-0.1, -0.05) is 121 Å². The Morgan fingerprint density at radius 2 is 1.23 bits per heavy atom. The summed E-state index contributed by atoms with van der Waals surface area (Å²) in [6.45, 7) is 8.70. The molecule has 2 heterocycles. The Labute approximate surface area is 311 Å². The van der Waals surface area contributed by atoms with Crippen molar-refractivity contribution in [3.8, 4) is 0 Å². The van der Waals surface area contributed by atoms with Gasteiger partial charge in [0.05, 0.1) is 42.2 Å². The van der Waals surface area contributed by atoms with Gasteiger partial charge in [-0.25, -0.2) is 9.59 Å². The maximum atomic E-state index is 12.3. The van der Waals surface area contributed by atoms with Crippen LogP contribution in [0.5, 0.6) is 0 Å². The molecule has 0 spiro atoms. The molecule has 0 bridgehead atoms. The van der Waals surface area contributed by atoms with Gasteiger partial charge in [-0.3, -0.25) is 19.9 Å². The topological polar surface area (TPSA) is 114 Å². The molecule has 2 aliphatic rings. The molecule has 0 aliphatic carbocycles. The molecule has 274 valence electrons. The average molecular weight is 715 g/mol. The van der Waals surface area contributed by atoms with E-state index >= 15 is 0 Å². The van der Waals surface area contributed by atoms with Gasteiger partial charge in [0, 0.05) is 55.7 Å². The van der Waals surface area contributed by atoms with Crippen molar-refractivity contribution in [1.29, 1.82) is 0 Å². The molecule has 0 radical (unpaired) electrons. The van der Waals surface area contributed by atoms with E-state index in [1.54, 1.807) is 19.9 Å². The fraction of sp³-hybridized carbons (Fsp3) is 0.256. The minimum atomic E-state index is -0.970. The van der Waals surface area contributed by atoms with Crippen LogP contribution in [0.15, 0.2) is 144 Å². The first-order valence-electron chi connectivity index (χ1n) is 17.6. The van der Waals surface area contributed by atoms with Gasteiger partial charge < -0.3 is 14.8 Å². The van der Waals surface area contributed by atoms with Crippen molar-refractivity contribution in [1.82, 2.24) is 15.1 Å². The third-order valence-corrected chi connectivity index (χ3v) is 9.49. The molecule has 0 saturated carbocycles. The van der Waals surface area contributed by atoms with Crippen LogP contribution < -0.4 is 5.32 Å². The quantitative estimate of drug-likeness (QED) is 0.103. The van der Waals surface area contributed by atoms with Crippen LogP contribution in [0.1, 0.15) is 48.1 Å². The summed E-state index contributed by atoms with van der Waals surface area (Å²) in [6, 6.07) is 38.7. The molecule has 0 atom stereocenters. The van der Waals surface area contributed by atoms with E-state index in [2.05, 4.69) is 118 Å². The number of nitrogens with zero attached hydrogens (tertiary/aromatic N) is 3. The number of benzene rings is 4. The van der Waals surface area contributed by atoms with E-state index < -0.39 is 22.8 Å². The Morgan fingerprint density at radius 1 is 0.755 bits per heavy atom. The highest BCUT2D eigenvalue weighted by Gasteiger charge is 2.40. The summed E-state index contributed by atoms with van der Waals surface area (Å²) in [5.41, 5.74) is 5.23. The molecule has 0 aromatic heterocycles. The van der Waals surface area contributed by atoms with E-state index in [4.69, 9.17) is 9.47 Å².